The lowest BCUT2D eigenvalue weighted by molar-refractivity contribution is -0.115. The fourth-order valence-electron chi connectivity index (χ4n) is 2.51. The topological polar surface area (TPSA) is 75.0 Å². The maximum Gasteiger partial charge on any atom is 0.225 e. The zero-order valence-corrected chi connectivity index (χ0v) is 16.8. The normalized spacial score (nSPS) is 10.5. The van der Waals surface area contributed by atoms with Crippen LogP contribution >= 0.6 is 11.8 Å². The molecule has 0 atom stereocenters. The first-order valence-corrected chi connectivity index (χ1v) is 10.1. The van der Waals surface area contributed by atoms with Crippen molar-refractivity contribution in [3.8, 4) is 11.8 Å². The van der Waals surface area contributed by atoms with Crippen LogP contribution in [0, 0.1) is 17.2 Å². The molecule has 2 aromatic rings. The van der Waals surface area contributed by atoms with Crippen LogP contribution in [0.4, 0.5) is 5.69 Å². The summed E-state index contributed by atoms with van der Waals surface area (Å²) < 4.78 is 5.52. The number of carbonyl (C=O) groups excluding carboxylic acids is 1. The highest BCUT2D eigenvalue weighted by atomic mass is 32.2. The lowest BCUT2D eigenvalue weighted by atomic mass is 10.1. The molecule has 0 saturated carbocycles. The summed E-state index contributed by atoms with van der Waals surface area (Å²) in [5.41, 5.74) is 2.19. The van der Waals surface area contributed by atoms with E-state index in [4.69, 9.17) is 4.74 Å². The van der Waals surface area contributed by atoms with Gasteiger partial charge in [-0.2, -0.15) is 5.26 Å². The number of thioether (sulfide) groups is 1. The van der Waals surface area contributed by atoms with Crippen molar-refractivity contribution in [3.63, 3.8) is 0 Å². The summed E-state index contributed by atoms with van der Waals surface area (Å²) in [5, 5.41) is 12.9. The van der Waals surface area contributed by atoms with Gasteiger partial charge in [-0.1, -0.05) is 26.0 Å². The molecule has 0 aliphatic carbocycles. The summed E-state index contributed by atoms with van der Waals surface area (Å²) in [6, 6.07) is 13.3. The molecule has 1 aromatic heterocycles. The number of nitriles is 1. The van der Waals surface area contributed by atoms with Crippen molar-refractivity contribution in [2.75, 3.05) is 17.7 Å². The van der Waals surface area contributed by atoms with Gasteiger partial charge in [0.05, 0.1) is 17.9 Å². The van der Waals surface area contributed by atoms with Crippen molar-refractivity contribution < 1.29 is 9.53 Å². The maximum atomic E-state index is 12.3. The molecule has 0 aliphatic rings. The van der Waals surface area contributed by atoms with Gasteiger partial charge in [0.1, 0.15) is 16.8 Å². The minimum absolute atomic E-state index is 0.0912. The Bertz CT molecular complexity index is 815. The second kappa shape index (κ2) is 10.6. The largest absolute Gasteiger partial charge is 0.492 e. The summed E-state index contributed by atoms with van der Waals surface area (Å²) in [4.78, 5) is 16.9. The average Bonchev–Trinajstić information content (AvgIpc) is 2.63. The zero-order chi connectivity index (χ0) is 19.6. The molecule has 2 rings (SSSR count). The Morgan fingerprint density at radius 3 is 2.78 bits per heavy atom. The van der Waals surface area contributed by atoms with Crippen LogP contribution in [0.5, 0.6) is 5.75 Å². The minimum atomic E-state index is -0.0912. The Hall–Kier alpha value is -2.52. The molecule has 1 heterocycles. The summed E-state index contributed by atoms with van der Waals surface area (Å²) in [6.45, 7) is 6.72. The lowest BCUT2D eigenvalue weighted by Gasteiger charge is -2.11. The first-order valence-electron chi connectivity index (χ1n) is 9.08. The Labute approximate surface area is 165 Å². The van der Waals surface area contributed by atoms with Crippen LogP contribution in [0.2, 0.25) is 0 Å². The molecule has 5 nitrogen and oxygen atoms in total. The Kier molecular flexibility index (Phi) is 8.15. The highest BCUT2D eigenvalue weighted by Crippen LogP contribution is 2.25. The maximum absolute atomic E-state index is 12.3. The number of aromatic nitrogens is 1. The smallest absolute Gasteiger partial charge is 0.225 e. The molecule has 0 saturated heterocycles. The molecule has 0 aliphatic heterocycles. The van der Waals surface area contributed by atoms with E-state index in [1.807, 2.05) is 43.3 Å². The third kappa shape index (κ3) is 6.61. The molecule has 0 unspecified atom stereocenters. The van der Waals surface area contributed by atoms with Gasteiger partial charge in [-0.3, -0.25) is 4.79 Å². The summed E-state index contributed by atoms with van der Waals surface area (Å²) in [5.74, 6) is 1.62. The minimum Gasteiger partial charge on any atom is -0.492 e. The van der Waals surface area contributed by atoms with Gasteiger partial charge in [-0.05, 0) is 43.5 Å². The molecule has 0 spiro atoms. The fraction of sp³-hybridized carbons (Fsp3) is 0.381. The number of hydrogen-bond acceptors (Lipinski definition) is 5. The van der Waals surface area contributed by atoms with Gasteiger partial charge in [-0.15, -0.1) is 11.8 Å². The standard InChI is InChI=1S/C21H25N3O2S/c1-4-26-19-8-6-5-7-18(19)24-20(25)11-12-27-21-16(14-22)9-10-17(23-21)13-15(2)3/h5-10,15H,4,11-13H2,1-3H3,(H,24,25). The van der Waals surface area contributed by atoms with Crippen LogP contribution in [0.15, 0.2) is 41.4 Å². The Morgan fingerprint density at radius 2 is 2.07 bits per heavy atom. The SMILES string of the molecule is CCOc1ccccc1NC(=O)CCSc1nc(CC(C)C)ccc1C#N. The summed E-state index contributed by atoms with van der Waals surface area (Å²) in [6.07, 6.45) is 1.19. The predicted octanol–water partition coefficient (Wildman–Crippen LogP) is 4.67. The van der Waals surface area contributed by atoms with Crippen molar-refractivity contribution in [1.29, 1.82) is 5.26 Å². The number of hydrogen-bond donors (Lipinski definition) is 1. The molecule has 1 amide bonds. The van der Waals surface area contributed by atoms with E-state index in [9.17, 15) is 10.1 Å². The van der Waals surface area contributed by atoms with E-state index < -0.39 is 0 Å². The van der Waals surface area contributed by atoms with Crippen LogP contribution < -0.4 is 10.1 Å². The molecule has 0 radical (unpaired) electrons. The van der Waals surface area contributed by atoms with Crippen molar-refractivity contribution in [3.05, 3.63) is 47.7 Å². The van der Waals surface area contributed by atoms with Gasteiger partial charge >= 0.3 is 0 Å². The number of para-hydroxylation sites is 2. The van der Waals surface area contributed by atoms with Crippen LogP contribution in [-0.2, 0) is 11.2 Å². The zero-order valence-electron chi connectivity index (χ0n) is 16.0. The van der Waals surface area contributed by atoms with Crippen molar-refractivity contribution in [2.24, 2.45) is 5.92 Å². The van der Waals surface area contributed by atoms with Gasteiger partial charge in [0.2, 0.25) is 5.91 Å². The third-order valence-electron chi connectivity index (χ3n) is 3.68. The number of anilines is 1. The number of nitrogens with zero attached hydrogens (tertiary/aromatic N) is 2. The quantitative estimate of drug-likeness (QED) is 0.637. The molecular formula is C21H25N3O2S. The van der Waals surface area contributed by atoms with Crippen molar-refractivity contribution >= 4 is 23.4 Å². The van der Waals surface area contributed by atoms with E-state index >= 15 is 0 Å². The fourth-order valence-corrected chi connectivity index (χ4v) is 3.44. The first-order chi connectivity index (χ1) is 13.0. The average molecular weight is 384 g/mol. The molecule has 142 valence electrons. The number of rotatable bonds is 9. The van der Waals surface area contributed by atoms with Gasteiger partial charge in [0.15, 0.2) is 0 Å². The van der Waals surface area contributed by atoms with Crippen LogP contribution in [0.3, 0.4) is 0 Å². The molecule has 0 fully saturated rings. The summed E-state index contributed by atoms with van der Waals surface area (Å²) >= 11 is 1.44. The Balaban J connectivity index is 1.94. The van der Waals surface area contributed by atoms with Gasteiger partial charge in [0.25, 0.3) is 0 Å². The van der Waals surface area contributed by atoms with Crippen LogP contribution in [-0.4, -0.2) is 23.3 Å². The Morgan fingerprint density at radius 1 is 1.30 bits per heavy atom. The summed E-state index contributed by atoms with van der Waals surface area (Å²) in [7, 11) is 0. The van der Waals surface area contributed by atoms with Crippen molar-refractivity contribution in [2.45, 2.75) is 38.6 Å². The van der Waals surface area contributed by atoms with E-state index in [2.05, 4.69) is 30.2 Å². The second-order valence-electron chi connectivity index (χ2n) is 6.44. The van der Waals surface area contributed by atoms with E-state index in [1.165, 1.54) is 11.8 Å². The molecular weight excluding hydrogens is 358 g/mol. The molecule has 6 heteroatoms. The third-order valence-corrected chi connectivity index (χ3v) is 4.68. The number of pyridine rings is 1. The van der Waals surface area contributed by atoms with E-state index in [0.29, 0.717) is 46.7 Å². The lowest BCUT2D eigenvalue weighted by Crippen LogP contribution is -2.13. The van der Waals surface area contributed by atoms with E-state index in [-0.39, 0.29) is 5.91 Å². The van der Waals surface area contributed by atoms with Gasteiger partial charge in [-0.25, -0.2) is 4.98 Å². The highest BCUT2D eigenvalue weighted by molar-refractivity contribution is 7.99. The van der Waals surface area contributed by atoms with Crippen LogP contribution in [0.25, 0.3) is 0 Å². The number of ether oxygens (including phenoxy) is 1. The highest BCUT2D eigenvalue weighted by Gasteiger charge is 2.11. The molecule has 27 heavy (non-hydrogen) atoms. The van der Waals surface area contributed by atoms with E-state index in [0.717, 1.165) is 12.1 Å². The molecule has 1 N–H and O–H groups in total. The predicted molar refractivity (Wildman–Crippen MR) is 109 cm³/mol. The monoisotopic (exact) mass is 383 g/mol. The first kappa shape index (κ1) is 20.8. The molecule has 0 bridgehead atoms. The number of nitrogens with one attached hydrogen (secondary N) is 1. The van der Waals surface area contributed by atoms with E-state index in [1.54, 1.807) is 0 Å². The van der Waals surface area contributed by atoms with Gasteiger partial charge < -0.3 is 10.1 Å². The molecule has 1 aromatic carbocycles. The number of amides is 1. The van der Waals surface area contributed by atoms with Gasteiger partial charge in [0, 0.05) is 17.9 Å². The van der Waals surface area contributed by atoms with Crippen molar-refractivity contribution in [1.82, 2.24) is 4.98 Å². The van der Waals surface area contributed by atoms with Crippen LogP contribution in [0.1, 0.15) is 38.4 Å². The number of carbonyl (C=O) groups is 1. The number of benzene rings is 1. The second-order valence-corrected chi connectivity index (χ2v) is 7.52.